The molecule has 2 aromatic rings. The van der Waals surface area contributed by atoms with Crippen LogP contribution in [0.1, 0.15) is 31.7 Å². The highest BCUT2D eigenvalue weighted by Gasteiger charge is 2.32. The summed E-state index contributed by atoms with van der Waals surface area (Å²) in [5, 5.41) is 3.11. The first-order chi connectivity index (χ1) is 14.4. The van der Waals surface area contributed by atoms with Crippen molar-refractivity contribution in [3.05, 3.63) is 60.2 Å². The number of carbonyl (C=O) groups is 1. The summed E-state index contributed by atoms with van der Waals surface area (Å²) in [6.45, 7) is 2.78. The number of amides is 1. The van der Waals surface area contributed by atoms with Gasteiger partial charge in [-0.3, -0.25) is 4.79 Å². The molecule has 0 radical (unpaired) electrons. The molecular formula is C23H30N2O3S2. The number of hydrogen-bond acceptors (Lipinski definition) is 4. The number of carbonyl (C=O) groups excluding carboxylic acids is 1. The van der Waals surface area contributed by atoms with Crippen LogP contribution in [0.3, 0.4) is 0 Å². The van der Waals surface area contributed by atoms with Crippen LogP contribution in [-0.4, -0.2) is 44.0 Å². The summed E-state index contributed by atoms with van der Waals surface area (Å²) in [6.07, 6.45) is 4.88. The lowest BCUT2D eigenvalue weighted by Gasteiger charge is -2.31. The highest BCUT2D eigenvalue weighted by Crippen LogP contribution is 2.25. The van der Waals surface area contributed by atoms with E-state index < -0.39 is 10.0 Å². The van der Waals surface area contributed by atoms with E-state index in [-0.39, 0.29) is 17.9 Å². The summed E-state index contributed by atoms with van der Waals surface area (Å²) < 4.78 is 27.3. The van der Waals surface area contributed by atoms with Crippen LogP contribution in [0.25, 0.3) is 0 Å². The Morgan fingerprint density at radius 1 is 1.10 bits per heavy atom. The first kappa shape index (κ1) is 22.8. The van der Waals surface area contributed by atoms with Crippen LogP contribution in [0, 0.1) is 5.92 Å². The third kappa shape index (κ3) is 5.86. The van der Waals surface area contributed by atoms with E-state index in [0.29, 0.717) is 30.8 Å². The van der Waals surface area contributed by atoms with Gasteiger partial charge in [0.05, 0.1) is 4.90 Å². The summed E-state index contributed by atoms with van der Waals surface area (Å²) in [5.74, 6) is -0.0913. The van der Waals surface area contributed by atoms with Gasteiger partial charge >= 0.3 is 0 Å². The molecule has 7 heteroatoms. The monoisotopic (exact) mass is 446 g/mol. The van der Waals surface area contributed by atoms with E-state index in [1.807, 2.05) is 43.5 Å². The molecule has 0 aliphatic carbocycles. The molecule has 1 atom stereocenters. The molecule has 1 saturated heterocycles. The highest BCUT2D eigenvalue weighted by molar-refractivity contribution is 7.98. The van der Waals surface area contributed by atoms with Crippen molar-refractivity contribution in [1.82, 2.24) is 9.62 Å². The average Bonchev–Trinajstić information content (AvgIpc) is 2.78. The maximum Gasteiger partial charge on any atom is 0.243 e. The van der Waals surface area contributed by atoms with Gasteiger partial charge in [-0.05, 0) is 68.7 Å². The fourth-order valence-corrected chi connectivity index (χ4v) is 5.59. The Bertz CT molecular complexity index is 923. The van der Waals surface area contributed by atoms with Crippen molar-refractivity contribution in [2.45, 2.75) is 48.4 Å². The van der Waals surface area contributed by atoms with Crippen molar-refractivity contribution >= 4 is 27.7 Å². The summed E-state index contributed by atoms with van der Waals surface area (Å²) in [4.78, 5) is 14.0. The zero-order valence-electron chi connectivity index (χ0n) is 17.6. The van der Waals surface area contributed by atoms with Gasteiger partial charge < -0.3 is 5.32 Å². The number of aryl methyl sites for hydroxylation is 1. The molecule has 2 aromatic carbocycles. The van der Waals surface area contributed by atoms with Crippen LogP contribution >= 0.6 is 11.8 Å². The fraction of sp³-hybridized carbons (Fsp3) is 0.435. The second kappa shape index (κ2) is 10.5. The van der Waals surface area contributed by atoms with Gasteiger partial charge in [-0.25, -0.2) is 8.42 Å². The summed E-state index contributed by atoms with van der Waals surface area (Å²) in [5.41, 5.74) is 1.27. The second-order valence-electron chi connectivity index (χ2n) is 7.79. The molecule has 0 unspecified atom stereocenters. The Balaban J connectivity index is 1.48. The molecule has 3 rings (SSSR count). The highest BCUT2D eigenvalue weighted by atomic mass is 32.2. The summed E-state index contributed by atoms with van der Waals surface area (Å²) in [7, 11) is -3.51. The van der Waals surface area contributed by atoms with Crippen molar-refractivity contribution in [3.63, 3.8) is 0 Å². The van der Waals surface area contributed by atoms with Crippen LogP contribution in [0.2, 0.25) is 0 Å². The van der Waals surface area contributed by atoms with Crippen LogP contribution in [0.5, 0.6) is 0 Å². The van der Waals surface area contributed by atoms with E-state index in [9.17, 15) is 13.2 Å². The number of nitrogens with zero attached hydrogens (tertiary/aromatic N) is 1. The van der Waals surface area contributed by atoms with Gasteiger partial charge in [0.15, 0.2) is 0 Å². The van der Waals surface area contributed by atoms with Gasteiger partial charge in [-0.1, -0.05) is 30.3 Å². The molecule has 0 spiro atoms. The van der Waals surface area contributed by atoms with Gasteiger partial charge in [0.25, 0.3) is 0 Å². The third-order valence-corrected chi connectivity index (χ3v) is 8.28. The molecule has 1 aliphatic rings. The minimum Gasteiger partial charge on any atom is -0.353 e. The molecule has 0 aromatic heterocycles. The predicted molar refractivity (Wildman–Crippen MR) is 122 cm³/mol. The Morgan fingerprint density at radius 3 is 2.33 bits per heavy atom. The molecule has 1 N–H and O–H groups in total. The summed E-state index contributed by atoms with van der Waals surface area (Å²) in [6, 6.07) is 17.3. The van der Waals surface area contributed by atoms with E-state index in [2.05, 4.69) is 17.4 Å². The van der Waals surface area contributed by atoms with Gasteiger partial charge in [0.1, 0.15) is 0 Å². The molecular weight excluding hydrogens is 416 g/mol. The zero-order chi connectivity index (χ0) is 21.6. The quantitative estimate of drug-likeness (QED) is 0.624. The normalized spacial score (nSPS) is 16.9. The standard InChI is InChI=1S/C23H30N2O3S2/c1-18(8-9-19-6-4-3-5-7-19)24-23(26)20-14-16-25(17-15-20)30(27,28)22-12-10-21(29-2)11-13-22/h3-7,10-13,18,20H,8-9,14-17H2,1-2H3,(H,24,26)/t18-/m1/s1. The first-order valence-corrected chi connectivity index (χ1v) is 13.0. The number of thioether (sulfide) groups is 1. The van der Waals surface area contributed by atoms with Gasteiger partial charge in [-0.15, -0.1) is 11.8 Å². The molecule has 5 nitrogen and oxygen atoms in total. The minimum atomic E-state index is -3.51. The Labute approximate surface area is 184 Å². The third-order valence-electron chi connectivity index (χ3n) is 5.62. The molecule has 0 saturated carbocycles. The maximum atomic E-state index is 12.9. The van der Waals surface area contributed by atoms with Crippen molar-refractivity contribution in [2.75, 3.05) is 19.3 Å². The zero-order valence-corrected chi connectivity index (χ0v) is 19.2. The minimum absolute atomic E-state index is 0.0388. The van der Waals surface area contributed by atoms with Crippen LogP contribution in [-0.2, 0) is 21.2 Å². The number of rotatable bonds is 8. The largest absolute Gasteiger partial charge is 0.353 e. The first-order valence-electron chi connectivity index (χ1n) is 10.4. The van der Waals surface area contributed by atoms with Crippen LogP contribution in [0.15, 0.2) is 64.4 Å². The van der Waals surface area contributed by atoms with E-state index in [1.54, 1.807) is 23.9 Å². The Kier molecular flexibility index (Phi) is 7.97. The number of nitrogens with one attached hydrogen (secondary N) is 1. The van der Waals surface area contributed by atoms with E-state index >= 15 is 0 Å². The van der Waals surface area contributed by atoms with Crippen molar-refractivity contribution in [3.8, 4) is 0 Å². The van der Waals surface area contributed by atoms with Crippen molar-refractivity contribution < 1.29 is 13.2 Å². The number of benzene rings is 2. The number of hydrogen-bond donors (Lipinski definition) is 1. The molecule has 0 bridgehead atoms. The molecule has 1 aliphatic heterocycles. The topological polar surface area (TPSA) is 66.5 Å². The van der Waals surface area contributed by atoms with Gasteiger partial charge in [0.2, 0.25) is 15.9 Å². The predicted octanol–water partition coefficient (Wildman–Crippen LogP) is 3.95. The van der Waals surface area contributed by atoms with E-state index in [1.165, 1.54) is 9.87 Å². The SMILES string of the molecule is CSc1ccc(S(=O)(=O)N2CCC(C(=O)N[C@H](C)CCc3ccccc3)CC2)cc1. The lowest BCUT2D eigenvalue weighted by Crippen LogP contribution is -2.44. The Hall–Kier alpha value is -1.83. The second-order valence-corrected chi connectivity index (χ2v) is 10.6. The Morgan fingerprint density at radius 2 is 1.73 bits per heavy atom. The van der Waals surface area contributed by atoms with E-state index in [4.69, 9.17) is 0 Å². The smallest absolute Gasteiger partial charge is 0.243 e. The molecule has 1 fully saturated rings. The maximum absolute atomic E-state index is 12.9. The van der Waals surface area contributed by atoms with Gasteiger partial charge in [-0.2, -0.15) is 4.31 Å². The summed E-state index contributed by atoms with van der Waals surface area (Å²) >= 11 is 1.58. The molecule has 30 heavy (non-hydrogen) atoms. The van der Waals surface area contributed by atoms with Crippen molar-refractivity contribution in [2.24, 2.45) is 5.92 Å². The number of sulfonamides is 1. The van der Waals surface area contributed by atoms with E-state index in [0.717, 1.165) is 17.7 Å². The lowest BCUT2D eigenvalue weighted by molar-refractivity contribution is -0.126. The van der Waals surface area contributed by atoms with Crippen molar-refractivity contribution in [1.29, 1.82) is 0 Å². The molecule has 1 amide bonds. The number of piperidine rings is 1. The van der Waals surface area contributed by atoms with Crippen LogP contribution < -0.4 is 5.32 Å². The fourth-order valence-electron chi connectivity index (χ4n) is 3.72. The molecule has 1 heterocycles. The van der Waals surface area contributed by atoms with Crippen LogP contribution in [0.4, 0.5) is 0 Å². The molecule has 162 valence electrons. The average molecular weight is 447 g/mol. The lowest BCUT2D eigenvalue weighted by atomic mass is 9.96. The van der Waals surface area contributed by atoms with Gasteiger partial charge in [0, 0.05) is 29.9 Å².